The minimum atomic E-state index is -0.443. The molecule has 0 spiro atoms. The summed E-state index contributed by atoms with van der Waals surface area (Å²) >= 11 is 1.60. The molecule has 3 rings (SSSR count). The molecule has 0 aliphatic carbocycles. The zero-order chi connectivity index (χ0) is 16.4. The van der Waals surface area contributed by atoms with Crippen molar-refractivity contribution >= 4 is 22.9 Å². The van der Waals surface area contributed by atoms with Crippen molar-refractivity contribution < 1.29 is 0 Å². The summed E-state index contributed by atoms with van der Waals surface area (Å²) in [4.78, 5) is 30.4. The molecular weight excluding hydrogens is 312 g/mol. The van der Waals surface area contributed by atoms with E-state index in [1.807, 2.05) is 18.2 Å². The number of H-pyrrole nitrogens is 1. The van der Waals surface area contributed by atoms with Crippen LogP contribution in [0.25, 0.3) is 11.2 Å². The van der Waals surface area contributed by atoms with Crippen molar-refractivity contribution in [1.82, 2.24) is 19.1 Å². The van der Waals surface area contributed by atoms with Crippen LogP contribution in [0.2, 0.25) is 0 Å². The van der Waals surface area contributed by atoms with Crippen molar-refractivity contribution in [2.75, 3.05) is 5.75 Å². The van der Waals surface area contributed by atoms with Crippen molar-refractivity contribution in [2.24, 2.45) is 14.1 Å². The molecule has 1 N–H and O–H groups in total. The first kappa shape index (κ1) is 15.6. The van der Waals surface area contributed by atoms with Crippen LogP contribution in [-0.4, -0.2) is 24.9 Å². The number of imidazole rings is 1. The lowest BCUT2D eigenvalue weighted by Crippen LogP contribution is -2.29. The molecule has 0 saturated carbocycles. The Labute approximate surface area is 137 Å². The van der Waals surface area contributed by atoms with E-state index < -0.39 is 11.2 Å². The maximum absolute atomic E-state index is 12.0. The highest BCUT2D eigenvalue weighted by atomic mass is 32.2. The highest BCUT2D eigenvalue weighted by Crippen LogP contribution is 2.21. The van der Waals surface area contributed by atoms with E-state index in [2.05, 4.69) is 22.1 Å². The molecule has 0 aliphatic rings. The molecule has 1 aromatic carbocycles. The largest absolute Gasteiger partial charge is 0.329 e. The van der Waals surface area contributed by atoms with E-state index in [1.165, 1.54) is 10.1 Å². The zero-order valence-corrected chi connectivity index (χ0v) is 13.9. The summed E-state index contributed by atoms with van der Waals surface area (Å²) in [7, 11) is 3.41. The molecule has 0 saturated heterocycles. The number of hydrogen-bond donors (Lipinski definition) is 1. The van der Waals surface area contributed by atoms with Crippen LogP contribution in [0.1, 0.15) is 12.0 Å². The molecule has 0 unspecified atom stereocenters. The van der Waals surface area contributed by atoms with E-state index in [1.54, 1.807) is 30.4 Å². The first-order valence-electron chi connectivity index (χ1n) is 7.40. The molecule has 0 aliphatic heterocycles. The predicted octanol–water partition coefficient (Wildman–Crippen LogP) is 1.69. The number of benzene rings is 1. The minimum absolute atomic E-state index is 0.394. The van der Waals surface area contributed by atoms with Gasteiger partial charge in [0.25, 0.3) is 5.56 Å². The van der Waals surface area contributed by atoms with Crippen LogP contribution in [0.3, 0.4) is 0 Å². The van der Waals surface area contributed by atoms with Crippen molar-refractivity contribution in [2.45, 2.75) is 18.0 Å². The molecule has 7 heteroatoms. The van der Waals surface area contributed by atoms with Gasteiger partial charge < -0.3 is 4.57 Å². The number of nitrogens with zero attached hydrogens (tertiary/aromatic N) is 3. The van der Waals surface area contributed by atoms with Gasteiger partial charge in [-0.3, -0.25) is 14.3 Å². The fourth-order valence-electron chi connectivity index (χ4n) is 2.50. The molecule has 2 aromatic heterocycles. The SMILES string of the molecule is Cn1c(SCCCc2ccccc2)nc2c1c(=O)[nH]c(=O)n2C. The summed E-state index contributed by atoms with van der Waals surface area (Å²) in [6.07, 6.45) is 2.03. The third kappa shape index (κ3) is 3.10. The van der Waals surface area contributed by atoms with E-state index in [9.17, 15) is 9.59 Å². The molecule has 3 aromatic rings. The molecule has 0 amide bonds. The van der Waals surface area contributed by atoms with Gasteiger partial charge in [0.2, 0.25) is 0 Å². The maximum Gasteiger partial charge on any atom is 0.329 e. The number of aromatic nitrogens is 4. The van der Waals surface area contributed by atoms with Gasteiger partial charge in [-0.15, -0.1) is 0 Å². The van der Waals surface area contributed by atoms with Crippen molar-refractivity contribution in [3.63, 3.8) is 0 Å². The Morgan fingerprint density at radius 3 is 2.61 bits per heavy atom. The van der Waals surface area contributed by atoms with Gasteiger partial charge in [-0.25, -0.2) is 9.78 Å². The van der Waals surface area contributed by atoms with E-state index in [0.717, 1.165) is 23.8 Å². The topological polar surface area (TPSA) is 72.7 Å². The lowest BCUT2D eigenvalue weighted by molar-refractivity contribution is 0.808. The Bertz CT molecular complexity index is 940. The Hall–Kier alpha value is -2.28. The van der Waals surface area contributed by atoms with Gasteiger partial charge in [-0.1, -0.05) is 42.1 Å². The highest BCUT2D eigenvalue weighted by Gasteiger charge is 2.14. The molecule has 0 radical (unpaired) electrons. The monoisotopic (exact) mass is 330 g/mol. The van der Waals surface area contributed by atoms with Gasteiger partial charge in [0.1, 0.15) is 0 Å². The second-order valence-corrected chi connectivity index (χ2v) is 6.44. The minimum Gasteiger partial charge on any atom is -0.316 e. The second kappa shape index (κ2) is 6.45. The van der Waals surface area contributed by atoms with Gasteiger partial charge in [0.15, 0.2) is 16.3 Å². The molecule has 120 valence electrons. The molecule has 0 fully saturated rings. The fraction of sp³-hybridized carbons (Fsp3) is 0.312. The second-order valence-electron chi connectivity index (χ2n) is 5.38. The predicted molar refractivity (Wildman–Crippen MR) is 92.1 cm³/mol. The number of aryl methyl sites for hydroxylation is 3. The Kier molecular flexibility index (Phi) is 4.38. The Balaban J connectivity index is 1.75. The maximum atomic E-state index is 12.0. The average molecular weight is 330 g/mol. The molecular formula is C16H18N4O2S. The Morgan fingerprint density at radius 1 is 1.13 bits per heavy atom. The molecule has 0 bridgehead atoms. The van der Waals surface area contributed by atoms with Crippen molar-refractivity contribution in [3.8, 4) is 0 Å². The summed E-state index contributed by atoms with van der Waals surface area (Å²) in [5.74, 6) is 0.901. The third-order valence-corrected chi connectivity index (χ3v) is 4.89. The number of fused-ring (bicyclic) bond motifs is 1. The lowest BCUT2D eigenvalue weighted by atomic mass is 10.1. The summed E-state index contributed by atoms with van der Waals surface area (Å²) < 4.78 is 3.12. The normalized spacial score (nSPS) is 11.2. The molecule has 6 nitrogen and oxygen atoms in total. The average Bonchev–Trinajstić information content (AvgIpc) is 2.88. The number of hydrogen-bond acceptors (Lipinski definition) is 4. The van der Waals surface area contributed by atoms with Gasteiger partial charge in [-0.2, -0.15) is 0 Å². The number of aromatic amines is 1. The van der Waals surface area contributed by atoms with Gasteiger partial charge >= 0.3 is 5.69 Å². The van der Waals surface area contributed by atoms with Gasteiger partial charge in [0, 0.05) is 19.8 Å². The van der Waals surface area contributed by atoms with E-state index in [4.69, 9.17) is 0 Å². The van der Waals surface area contributed by atoms with Crippen LogP contribution < -0.4 is 11.2 Å². The first-order valence-corrected chi connectivity index (χ1v) is 8.39. The summed E-state index contributed by atoms with van der Waals surface area (Å²) in [5.41, 5.74) is 1.33. The lowest BCUT2D eigenvalue weighted by Gasteiger charge is -2.02. The van der Waals surface area contributed by atoms with Crippen molar-refractivity contribution in [1.29, 1.82) is 0 Å². The summed E-state index contributed by atoms with van der Waals surface area (Å²) in [5, 5.41) is 0.750. The van der Waals surface area contributed by atoms with E-state index in [-0.39, 0.29) is 0 Å². The van der Waals surface area contributed by atoms with Crippen LogP contribution in [0.5, 0.6) is 0 Å². The smallest absolute Gasteiger partial charge is 0.316 e. The van der Waals surface area contributed by atoms with Gasteiger partial charge in [0.05, 0.1) is 0 Å². The van der Waals surface area contributed by atoms with Crippen LogP contribution in [0, 0.1) is 0 Å². The quantitative estimate of drug-likeness (QED) is 0.571. The zero-order valence-electron chi connectivity index (χ0n) is 13.1. The Morgan fingerprint density at radius 2 is 1.87 bits per heavy atom. The molecule has 23 heavy (non-hydrogen) atoms. The van der Waals surface area contributed by atoms with Crippen molar-refractivity contribution in [3.05, 3.63) is 56.7 Å². The van der Waals surface area contributed by atoms with Crippen LogP contribution in [0.4, 0.5) is 0 Å². The number of rotatable bonds is 5. The number of thioether (sulfide) groups is 1. The van der Waals surface area contributed by atoms with E-state index in [0.29, 0.717) is 11.2 Å². The third-order valence-electron chi connectivity index (χ3n) is 3.78. The summed E-state index contributed by atoms with van der Waals surface area (Å²) in [6.45, 7) is 0. The molecule has 0 atom stereocenters. The molecule has 2 heterocycles. The van der Waals surface area contributed by atoms with Crippen LogP contribution in [-0.2, 0) is 20.5 Å². The summed E-state index contributed by atoms with van der Waals surface area (Å²) in [6, 6.07) is 10.3. The van der Waals surface area contributed by atoms with Crippen LogP contribution >= 0.6 is 11.8 Å². The highest BCUT2D eigenvalue weighted by molar-refractivity contribution is 7.99. The first-order chi connectivity index (χ1) is 11.1. The van der Waals surface area contributed by atoms with Crippen LogP contribution in [0.15, 0.2) is 45.1 Å². The number of nitrogens with one attached hydrogen (secondary N) is 1. The van der Waals surface area contributed by atoms with E-state index >= 15 is 0 Å². The van der Waals surface area contributed by atoms with Gasteiger partial charge in [-0.05, 0) is 18.4 Å². The fourth-order valence-corrected chi connectivity index (χ4v) is 3.41. The standard InChI is InChI=1S/C16H18N4O2S/c1-19-12-13(20(2)15(22)18-14(12)21)17-16(19)23-10-6-9-11-7-4-3-5-8-11/h3-5,7-8H,6,9-10H2,1-2H3,(H,18,21,22).